The molecule has 5 heteroatoms. The molecule has 102 valence electrons. The zero-order chi connectivity index (χ0) is 12.6. The van der Waals surface area contributed by atoms with Crippen molar-refractivity contribution in [1.82, 2.24) is 4.90 Å². The lowest BCUT2D eigenvalue weighted by Crippen LogP contribution is -2.30. The molecule has 18 heavy (non-hydrogen) atoms. The highest BCUT2D eigenvalue weighted by molar-refractivity contribution is 5.85. The average molecular weight is 274 g/mol. The molecular weight excluding hydrogens is 254 g/mol. The molecule has 1 aliphatic heterocycles. The Bertz CT molecular complexity index is 437. The Hall–Kier alpha value is -1.13. The summed E-state index contributed by atoms with van der Waals surface area (Å²) >= 11 is 0. The first-order valence-corrected chi connectivity index (χ1v) is 5.77. The Morgan fingerprint density at radius 1 is 1.33 bits per heavy atom. The molecule has 4 nitrogen and oxygen atoms in total. The van der Waals surface area contributed by atoms with E-state index in [1.54, 1.807) is 14.2 Å². The predicted octanol–water partition coefficient (Wildman–Crippen LogP) is 2.38. The summed E-state index contributed by atoms with van der Waals surface area (Å²) in [5.41, 5.74) is 2.10. The SMILES string of the molecule is COc1cc2c(c(O)c1OC)[C@H](C)N(C)CC2.Cl. The van der Waals surface area contributed by atoms with Gasteiger partial charge in [0.25, 0.3) is 0 Å². The van der Waals surface area contributed by atoms with Gasteiger partial charge in [-0.1, -0.05) is 0 Å². The summed E-state index contributed by atoms with van der Waals surface area (Å²) in [5.74, 6) is 1.23. The zero-order valence-corrected chi connectivity index (χ0v) is 12.0. The highest BCUT2D eigenvalue weighted by Crippen LogP contribution is 2.46. The van der Waals surface area contributed by atoms with Gasteiger partial charge in [0.05, 0.1) is 14.2 Å². The van der Waals surface area contributed by atoms with E-state index in [1.807, 2.05) is 6.07 Å². The lowest BCUT2D eigenvalue weighted by Gasteiger charge is -2.33. The molecule has 0 saturated heterocycles. The van der Waals surface area contributed by atoms with Crippen LogP contribution in [0.25, 0.3) is 0 Å². The van der Waals surface area contributed by atoms with E-state index in [0.717, 1.165) is 24.1 Å². The number of ether oxygens (including phenoxy) is 2. The highest BCUT2D eigenvalue weighted by Gasteiger charge is 2.28. The number of benzene rings is 1. The Labute approximate surface area is 114 Å². The van der Waals surface area contributed by atoms with Gasteiger partial charge in [0.1, 0.15) is 0 Å². The zero-order valence-electron chi connectivity index (χ0n) is 11.2. The molecule has 0 amide bonds. The predicted molar refractivity (Wildman–Crippen MR) is 73.2 cm³/mol. The fourth-order valence-electron chi connectivity index (χ4n) is 2.43. The summed E-state index contributed by atoms with van der Waals surface area (Å²) in [6.07, 6.45) is 0.921. The molecule has 0 saturated carbocycles. The van der Waals surface area contributed by atoms with Crippen LogP contribution in [0.5, 0.6) is 17.2 Å². The maximum atomic E-state index is 10.3. The van der Waals surface area contributed by atoms with E-state index < -0.39 is 0 Å². The monoisotopic (exact) mass is 273 g/mol. The molecule has 1 heterocycles. The van der Waals surface area contributed by atoms with Crippen LogP contribution in [0.2, 0.25) is 0 Å². The van der Waals surface area contributed by atoms with Crippen molar-refractivity contribution in [3.05, 3.63) is 17.2 Å². The van der Waals surface area contributed by atoms with E-state index in [1.165, 1.54) is 0 Å². The molecule has 0 bridgehead atoms. The molecule has 0 fully saturated rings. The second-order valence-electron chi connectivity index (χ2n) is 4.44. The van der Waals surface area contributed by atoms with E-state index in [9.17, 15) is 5.11 Å². The van der Waals surface area contributed by atoms with Crippen molar-refractivity contribution in [1.29, 1.82) is 0 Å². The molecule has 1 atom stereocenters. The number of phenolic OH excluding ortho intramolecular Hbond substituents is 1. The molecule has 2 rings (SSSR count). The average Bonchev–Trinajstić information content (AvgIpc) is 2.33. The number of hydrogen-bond donors (Lipinski definition) is 1. The smallest absolute Gasteiger partial charge is 0.203 e. The van der Waals surface area contributed by atoms with Crippen LogP contribution < -0.4 is 9.47 Å². The summed E-state index contributed by atoms with van der Waals surface area (Å²) < 4.78 is 10.5. The van der Waals surface area contributed by atoms with Gasteiger partial charge in [-0.05, 0) is 32.0 Å². The van der Waals surface area contributed by atoms with Crippen molar-refractivity contribution < 1.29 is 14.6 Å². The maximum Gasteiger partial charge on any atom is 0.203 e. The summed E-state index contributed by atoms with van der Waals surface area (Å²) in [6, 6.07) is 2.16. The minimum absolute atomic E-state index is 0. The number of rotatable bonds is 2. The minimum Gasteiger partial charge on any atom is -0.504 e. The van der Waals surface area contributed by atoms with Crippen molar-refractivity contribution in [2.75, 3.05) is 27.8 Å². The van der Waals surface area contributed by atoms with Crippen molar-refractivity contribution >= 4 is 12.4 Å². The van der Waals surface area contributed by atoms with Crippen LogP contribution in [0.15, 0.2) is 6.07 Å². The van der Waals surface area contributed by atoms with Crippen LogP contribution >= 0.6 is 12.4 Å². The van der Waals surface area contributed by atoms with Crippen LogP contribution in [0.3, 0.4) is 0 Å². The Morgan fingerprint density at radius 2 is 2.00 bits per heavy atom. The molecule has 0 spiro atoms. The number of halogens is 1. The molecular formula is C13H20ClNO3. The van der Waals surface area contributed by atoms with E-state index in [0.29, 0.717) is 11.5 Å². The van der Waals surface area contributed by atoms with Crippen LogP contribution in [-0.4, -0.2) is 37.8 Å². The number of aromatic hydroxyl groups is 1. The maximum absolute atomic E-state index is 10.3. The van der Waals surface area contributed by atoms with Gasteiger partial charge in [0.15, 0.2) is 11.5 Å². The number of hydrogen-bond acceptors (Lipinski definition) is 4. The first-order chi connectivity index (χ1) is 8.10. The highest BCUT2D eigenvalue weighted by atomic mass is 35.5. The standard InChI is InChI=1S/C13H19NO3.ClH/c1-8-11-9(5-6-14(8)2)7-10(16-3)13(17-4)12(11)15;/h7-8,15H,5-6H2,1-4H3;1H/t8-;/m0./s1. The molecule has 0 aliphatic carbocycles. The Balaban J connectivity index is 0.00000162. The lowest BCUT2D eigenvalue weighted by molar-refractivity contribution is 0.237. The van der Waals surface area contributed by atoms with Crippen LogP contribution in [-0.2, 0) is 6.42 Å². The third-order valence-corrected chi connectivity index (χ3v) is 3.58. The van der Waals surface area contributed by atoms with Gasteiger partial charge in [-0.3, -0.25) is 4.90 Å². The molecule has 0 aromatic heterocycles. The second-order valence-corrected chi connectivity index (χ2v) is 4.44. The van der Waals surface area contributed by atoms with Crippen molar-refractivity contribution in [2.45, 2.75) is 19.4 Å². The van der Waals surface area contributed by atoms with Gasteiger partial charge in [0, 0.05) is 18.2 Å². The fraction of sp³-hybridized carbons (Fsp3) is 0.538. The topological polar surface area (TPSA) is 41.9 Å². The van der Waals surface area contributed by atoms with Crippen molar-refractivity contribution in [2.24, 2.45) is 0 Å². The van der Waals surface area contributed by atoms with Gasteiger partial charge in [-0.15, -0.1) is 12.4 Å². The van der Waals surface area contributed by atoms with Crippen LogP contribution in [0, 0.1) is 0 Å². The molecule has 1 aliphatic rings. The molecule has 1 N–H and O–H groups in total. The molecule has 1 aromatic carbocycles. The van der Waals surface area contributed by atoms with Gasteiger partial charge >= 0.3 is 0 Å². The Kier molecular flexibility index (Phi) is 4.71. The number of phenols is 1. The summed E-state index contributed by atoms with van der Waals surface area (Å²) in [7, 11) is 5.19. The minimum atomic E-state index is 0. The number of nitrogens with zero attached hydrogens (tertiary/aromatic N) is 1. The van der Waals surface area contributed by atoms with E-state index in [-0.39, 0.29) is 24.2 Å². The summed E-state index contributed by atoms with van der Waals surface area (Å²) in [4.78, 5) is 2.22. The number of likely N-dealkylation sites (N-methyl/N-ethyl adjacent to an activating group) is 1. The van der Waals surface area contributed by atoms with Gasteiger partial charge < -0.3 is 14.6 Å². The quantitative estimate of drug-likeness (QED) is 0.898. The first-order valence-electron chi connectivity index (χ1n) is 5.77. The largest absolute Gasteiger partial charge is 0.504 e. The third kappa shape index (κ3) is 2.22. The second kappa shape index (κ2) is 5.67. The van der Waals surface area contributed by atoms with Crippen LogP contribution in [0.4, 0.5) is 0 Å². The van der Waals surface area contributed by atoms with Gasteiger partial charge in [-0.25, -0.2) is 0 Å². The first kappa shape index (κ1) is 14.9. The summed E-state index contributed by atoms with van der Waals surface area (Å²) in [5, 5.41) is 10.3. The molecule has 1 aromatic rings. The third-order valence-electron chi connectivity index (χ3n) is 3.58. The lowest BCUT2D eigenvalue weighted by atomic mass is 9.92. The van der Waals surface area contributed by atoms with Gasteiger partial charge in [-0.2, -0.15) is 0 Å². The Morgan fingerprint density at radius 3 is 2.56 bits per heavy atom. The van der Waals surface area contributed by atoms with E-state index in [2.05, 4.69) is 18.9 Å². The van der Waals surface area contributed by atoms with E-state index >= 15 is 0 Å². The summed E-state index contributed by atoms with van der Waals surface area (Å²) in [6.45, 7) is 3.08. The van der Waals surface area contributed by atoms with Crippen molar-refractivity contribution in [3.8, 4) is 17.2 Å². The van der Waals surface area contributed by atoms with Crippen molar-refractivity contribution in [3.63, 3.8) is 0 Å². The normalized spacial score (nSPS) is 18.8. The van der Waals surface area contributed by atoms with Crippen LogP contribution in [0.1, 0.15) is 24.1 Å². The number of methoxy groups -OCH3 is 2. The van der Waals surface area contributed by atoms with Gasteiger partial charge in [0.2, 0.25) is 5.75 Å². The van der Waals surface area contributed by atoms with E-state index in [4.69, 9.17) is 9.47 Å². The molecule has 0 unspecified atom stereocenters. The number of fused-ring (bicyclic) bond motifs is 1. The fourth-order valence-corrected chi connectivity index (χ4v) is 2.43. The molecule has 0 radical (unpaired) electrons.